The Bertz CT molecular complexity index is 1410. The number of aliphatic carboxylic acids is 1. The Hall–Kier alpha value is -3.99. The topological polar surface area (TPSA) is 128 Å². The second-order valence-corrected chi connectivity index (χ2v) is 8.60. The highest BCUT2D eigenvalue weighted by Gasteiger charge is 2.51. The first-order chi connectivity index (χ1) is 16.7. The van der Waals surface area contributed by atoms with Crippen LogP contribution in [0.5, 0.6) is 0 Å². The molecule has 1 aliphatic carbocycles. The third-order valence-electron chi connectivity index (χ3n) is 5.73. The Morgan fingerprint density at radius 2 is 1.97 bits per heavy atom. The number of anilines is 2. The fourth-order valence-corrected chi connectivity index (χ4v) is 3.64. The first kappa shape index (κ1) is 24.1. The van der Waals surface area contributed by atoms with Gasteiger partial charge in [0.15, 0.2) is 0 Å². The molecule has 1 fully saturated rings. The predicted molar refractivity (Wildman–Crippen MR) is 127 cm³/mol. The SMILES string of the molecule is CO/N=C/c1ccc(Nc2nc(=O)n(CC3(C(=O)O)CC3)c(=O)n2Cc2ccc(Cl)cc2)cc1F. The van der Waals surface area contributed by atoms with E-state index in [-0.39, 0.29) is 30.3 Å². The molecule has 4 rings (SSSR count). The zero-order valence-electron chi connectivity index (χ0n) is 18.6. The Morgan fingerprint density at radius 1 is 1.26 bits per heavy atom. The smallest absolute Gasteiger partial charge is 0.354 e. The van der Waals surface area contributed by atoms with Crippen molar-refractivity contribution in [2.75, 3.05) is 12.4 Å². The monoisotopic (exact) mass is 501 g/mol. The fraction of sp³-hybridized carbons (Fsp3) is 0.261. The maximum Gasteiger partial charge on any atom is 0.354 e. The van der Waals surface area contributed by atoms with Gasteiger partial charge in [-0.3, -0.25) is 9.36 Å². The molecule has 2 N–H and O–H groups in total. The largest absolute Gasteiger partial charge is 0.481 e. The lowest BCUT2D eigenvalue weighted by Crippen LogP contribution is -2.45. The first-order valence-corrected chi connectivity index (χ1v) is 10.9. The maximum absolute atomic E-state index is 14.4. The minimum atomic E-state index is -1.15. The van der Waals surface area contributed by atoms with Crippen LogP contribution in [-0.4, -0.2) is 38.5 Å². The van der Waals surface area contributed by atoms with E-state index >= 15 is 0 Å². The van der Waals surface area contributed by atoms with Crippen LogP contribution in [0.4, 0.5) is 16.0 Å². The molecule has 2 aromatic carbocycles. The zero-order chi connectivity index (χ0) is 25.2. The van der Waals surface area contributed by atoms with Gasteiger partial charge in [-0.2, -0.15) is 4.98 Å². The maximum atomic E-state index is 14.4. The number of carboxylic acid groups (broad SMARTS) is 1. The third kappa shape index (κ3) is 5.24. The van der Waals surface area contributed by atoms with E-state index in [1.807, 2.05) is 0 Å². The summed E-state index contributed by atoms with van der Waals surface area (Å²) in [5.74, 6) is -1.81. The van der Waals surface area contributed by atoms with Gasteiger partial charge in [-0.1, -0.05) is 28.9 Å². The zero-order valence-corrected chi connectivity index (χ0v) is 19.3. The molecule has 3 aromatic rings. The number of carbonyl (C=O) groups is 1. The number of carboxylic acids is 1. The molecule has 0 atom stereocenters. The van der Waals surface area contributed by atoms with Gasteiger partial charge in [0.25, 0.3) is 0 Å². The lowest BCUT2D eigenvalue weighted by molar-refractivity contribution is -0.143. The Kier molecular flexibility index (Phi) is 6.70. The second kappa shape index (κ2) is 9.71. The van der Waals surface area contributed by atoms with Gasteiger partial charge < -0.3 is 15.3 Å². The highest BCUT2D eigenvalue weighted by molar-refractivity contribution is 6.30. The fourth-order valence-electron chi connectivity index (χ4n) is 3.52. The Balaban J connectivity index is 1.75. The molecule has 12 heteroatoms. The molecule has 0 spiro atoms. The van der Waals surface area contributed by atoms with Crippen LogP contribution in [0.2, 0.25) is 5.02 Å². The molecule has 35 heavy (non-hydrogen) atoms. The lowest BCUT2D eigenvalue weighted by atomic mass is 10.1. The van der Waals surface area contributed by atoms with Gasteiger partial charge in [-0.05, 0) is 48.7 Å². The van der Waals surface area contributed by atoms with Crippen LogP contribution < -0.4 is 16.7 Å². The number of benzene rings is 2. The van der Waals surface area contributed by atoms with Crippen LogP contribution in [-0.2, 0) is 22.7 Å². The molecule has 0 aliphatic heterocycles. The lowest BCUT2D eigenvalue weighted by Gasteiger charge is -2.17. The van der Waals surface area contributed by atoms with Crippen LogP contribution in [0.15, 0.2) is 57.2 Å². The molecule has 0 unspecified atom stereocenters. The summed E-state index contributed by atoms with van der Waals surface area (Å²) in [5.41, 5.74) is -1.71. The van der Waals surface area contributed by atoms with Crippen molar-refractivity contribution in [2.24, 2.45) is 10.6 Å². The van der Waals surface area contributed by atoms with Gasteiger partial charge in [0.05, 0.1) is 18.2 Å². The number of nitrogens with zero attached hydrogens (tertiary/aromatic N) is 4. The Morgan fingerprint density at radius 3 is 2.57 bits per heavy atom. The molecule has 1 heterocycles. The molecule has 0 radical (unpaired) electrons. The van der Waals surface area contributed by atoms with Gasteiger partial charge in [-0.15, -0.1) is 0 Å². The number of hydrogen-bond acceptors (Lipinski definition) is 7. The van der Waals surface area contributed by atoms with Gasteiger partial charge in [0.1, 0.15) is 12.9 Å². The number of rotatable bonds is 9. The molecule has 1 saturated carbocycles. The molecule has 182 valence electrons. The van der Waals surface area contributed by atoms with Gasteiger partial charge in [0, 0.05) is 22.8 Å². The van der Waals surface area contributed by atoms with E-state index in [2.05, 4.69) is 20.3 Å². The van der Waals surface area contributed by atoms with Crippen LogP contribution in [0, 0.1) is 11.2 Å². The molecular formula is C23H21ClFN5O5. The Labute approximate surface area is 203 Å². The van der Waals surface area contributed by atoms with Crippen LogP contribution in [0.3, 0.4) is 0 Å². The standard InChI is InChI=1S/C23H21ClFN5O5/c1-35-26-11-15-4-7-17(10-18(15)25)27-20-28-21(33)30(13-23(8-9-23)19(31)32)22(34)29(20)12-14-2-5-16(24)6-3-14/h2-7,10-11H,8-9,12-13H2,1H3,(H,31,32)(H,27,28,33)/b26-11+. The molecule has 1 aliphatic rings. The van der Waals surface area contributed by atoms with E-state index in [1.165, 1.54) is 30.0 Å². The highest BCUT2D eigenvalue weighted by Crippen LogP contribution is 2.46. The van der Waals surface area contributed by atoms with E-state index in [0.717, 1.165) is 10.6 Å². The van der Waals surface area contributed by atoms with Crippen molar-refractivity contribution >= 4 is 35.4 Å². The number of oxime groups is 1. The minimum absolute atomic E-state index is 0.00670. The summed E-state index contributed by atoms with van der Waals surface area (Å²) in [5, 5.41) is 16.4. The normalized spacial score (nSPS) is 14.1. The quantitative estimate of drug-likeness (QED) is 0.341. The number of nitrogens with one attached hydrogen (secondary N) is 1. The predicted octanol–water partition coefficient (Wildman–Crippen LogP) is 2.83. The van der Waals surface area contributed by atoms with Gasteiger partial charge in [-0.25, -0.2) is 18.5 Å². The molecular weight excluding hydrogens is 481 g/mol. The van der Waals surface area contributed by atoms with Crippen LogP contribution >= 0.6 is 11.6 Å². The van der Waals surface area contributed by atoms with Crippen LogP contribution in [0.25, 0.3) is 0 Å². The van der Waals surface area contributed by atoms with E-state index < -0.39 is 28.6 Å². The summed E-state index contributed by atoms with van der Waals surface area (Å²) in [6, 6.07) is 10.8. The summed E-state index contributed by atoms with van der Waals surface area (Å²) in [7, 11) is 1.33. The average molecular weight is 502 g/mol. The van der Waals surface area contributed by atoms with Crippen molar-refractivity contribution in [1.82, 2.24) is 14.1 Å². The van der Waals surface area contributed by atoms with E-state index in [4.69, 9.17) is 11.6 Å². The van der Waals surface area contributed by atoms with Crippen molar-refractivity contribution < 1.29 is 19.1 Å². The molecule has 0 saturated heterocycles. The second-order valence-electron chi connectivity index (χ2n) is 8.16. The van der Waals surface area contributed by atoms with E-state index in [9.17, 15) is 23.9 Å². The molecule has 1 aromatic heterocycles. The first-order valence-electron chi connectivity index (χ1n) is 10.5. The number of aromatic nitrogens is 3. The summed E-state index contributed by atoms with van der Waals surface area (Å²) in [6.45, 7) is -0.275. The van der Waals surface area contributed by atoms with Gasteiger partial charge in [0.2, 0.25) is 5.95 Å². The van der Waals surface area contributed by atoms with Crippen molar-refractivity contribution in [3.05, 3.63) is 85.4 Å². The summed E-state index contributed by atoms with van der Waals surface area (Å²) in [4.78, 5) is 46.3. The summed E-state index contributed by atoms with van der Waals surface area (Å²) in [6.07, 6.45) is 1.93. The van der Waals surface area contributed by atoms with Crippen molar-refractivity contribution in [3.8, 4) is 0 Å². The van der Waals surface area contributed by atoms with E-state index in [1.54, 1.807) is 24.3 Å². The summed E-state index contributed by atoms with van der Waals surface area (Å²) >= 11 is 5.95. The van der Waals surface area contributed by atoms with Crippen molar-refractivity contribution in [3.63, 3.8) is 0 Å². The van der Waals surface area contributed by atoms with Crippen LogP contribution in [0.1, 0.15) is 24.0 Å². The third-order valence-corrected chi connectivity index (χ3v) is 5.98. The van der Waals surface area contributed by atoms with Crippen molar-refractivity contribution in [1.29, 1.82) is 0 Å². The number of halogens is 2. The number of hydrogen-bond donors (Lipinski definition) is 2. The van der Waals surface area contributed by atoms with E-state index in [0.29, 0.717) is 23.4 Å². The molecule has 10 nitrogen and oxygen atoms in total. The molecule has 0 amide bonds. The van der Waals surface area contributed by atoms with Crippen molar-refractivity contribution in [2.45, 2.75) is 25.9 Å². The molecule has 0 bridgehead atoms. The average Bonchev–Trinajstić information content (AvgIpc) is 3.61. The highest BCUT2D eigenvalue weighted by atomic mass is 35.5. The van der Waals surface area contributed by atoms with Gasteiger partial charge >= 0.3 is 17.3 Å². The minimum Gasteiger partial charge on any atom is -0.481 e. The summed E-state index contributed by atoms with van der Waals surface area (Å²) < 4.78 is 16.5.